The topological polar surface area (TPSA) is 85.9 Å². The number of carbonyl (C=O) groups is 2. The van der Waals surface area contributed by atoms with Crippen LogP contribution < -0.4 is 20.1 Å². The van der Waals surface area contributed by atoms with Crippen molar-refractivity contribution in [3.8, 4) is 11.5 Å². The van der Waals surface area contributed by atoms with Crippen LogP contribution in [0.4, 0.5) is 4.79 Å². The van der Waals surface area contributed by atoms with Gasteiger partial charge in [-0.3, -0.25) is 4.79 Å². The molecular formula is C23H28N2O5. The normalized spacial score (nSPS) is 13.8. The second kappa shape index (κ2) is 9.52. The third kappa shape index (κ3) is 6.14. The molecule has 160 valence electrons. The van der Waals surface area contributed by atoms with Crippen LogP contribution >= 0.6 is 0 Å². The Morgan fingerprint density at radius 3 is 2.50 bits per heavy atom. The average molecular weight is 412 g/mol. The van der Waals surface area contributed by atoms with Crippen LogP contribution in [0.5, 0.6) is 11.5 Å². The third-order valence-electron chi connectivity index (χ3n) is 4.39. The van der Waals surface area contributed by atoms with E-state index < -0.39 is 17.7 Å². The zero-order valence-corrected chi connectivity index (χ0v) is 17.6. The smallest absolute Gasteiger partial charge is 0.408 e. The standard InChI is InChI=1S/C23H28N2O5/c1-23(2,3)30-22(27)25-18(14-16-8-5-4-6-9-16)21(26)24-15-17-10-7-11-19-20(17)29-13-12-28-19/h4-11,18H,12-15H2,1-3H3,(H,24,26)(H,25,27). The van der Waals surface area contributed by atoms with Crippen molar-refractivity contribution in [2.24, 2.45) is 0 Å². The molecule has 1 aliphatic heterocycles. The number of hydrogen-bond acceptors (Lipinski definition) is 5. The highest BCUT2D eigenvalue weighted by Gasteiger charge is 2.25. The first-order valence-corrected chi connectivity index (χ1v) is 10.0. The Hall–Kier alpha value is -3.22. The van der Waals surface area contributed by atoms with E-state index in [0.717, 1.165) is 11.1 Å². The number of benzene rings is 2. The second-order valence-electron chi connectivity index (χ2n) is 8.05. The van der Waals surface area contributed by atoms with Gasteiger partial charge in [-0.15, -0.1) is 0 Å². The fraction of sp³-hybridized carbons (Fsp3) is 0.391. The molecule has 0 aliphatic carbocycles. The second-order valence-corrected chi connectivity index (χ2v) is 8.05. The molecule has 1 atom stereocenters. The average Bonchev–Trinajstić information content (AvgIpc) is 2.71. The molecule has 0 saturated heterocycles. The summed E-state index contributed by atoms with van der Waals surface area (Å²) in [6.45, 7) is 6.56. The van der Waals surface area contributed by atoms with E-state index in [1.54, 1.807) is 20.8 Å². The van der Waals surface area contributed by atoms with Crippen LogP contribution in [0, 0.1) is 0 Å². The lowest BCUT2D eigenvalue weighted by Gasteiger charge is -2.24. The van der Waals surface area contributed by atoms with Gasteiger partial charge in [0.2, 0.25) is 5.91 Å². The number of para-hydroxylation sites is 1. The van der Waals surface area contributed by atoms with E-state index in [1.807, 2.05) is 48.5 Å². The quantitative estimate of drug-likeness (QED) is 0.761. The van der Waals surface area contributed by atoms with Crippen LogP contribution in [0.3, 0.4) is 0 Å². The molecule has 0 bridgehead atoms. The van der Waals surface area contributed by atoms with E-state index in [4.69, 9.17) is 14.2 Å². The summed E-state index contributed by atoms with van der Waals surface area (Å²) in [6, 6.07) is 14.3. The summed E-state index contributed by atoms with van der Waals surface area (Å²) in [6.07, 6.45) is -0.286. The van der Waals surface area contributed by atoms with E-state index in [1.165, 1.54) is 0 Å². The Bertz CT molecular complexity index is 877. The van der Waals surface area contributed by atoms with Crippen LogP contribution in [0.2, 0.25) is 0 Å². The number of hydrogen-bond donors (Lipinski definition) is 2. The summed E-state index contributed by atoms with van der Waals surface area (Å²) in [7, 11) is 0. The fourth-order valence-corrected chi connectivity index (χ4v) is 3.09. The molecule has 2 amide bonds. The van der Waals surface area contributed by atoms with Crippen LogP contribution in [-0.4, -0.2) is 36.9 Å². The number of amides is 2. The van der Waals surface area contributed by atoms with Gasteiger partial charge in [-0.1, -0.05) is 42.5 Å². The molecule has 0 saturated carbocycles. The maximum Gasteiger partial charge on any atom is 0.408 e. The summed E-state index contributed by atoms with van der Waals surface area (Å²) in [5, 5.41) is 5.58. The molecule has 1 heterocycles. The number of nitrogens with one attached hydrogen (secondary N) is 2. The predicted octanol–water partition coefficient (Wildman–Crippen LogP) is 3.21. The van der Waals surface area contributed by atoms with Crippen molar-refractivity contribution < 1.29 is 23.8 Å². The molecule has 2 aromatic rings. The van der Waals surface area contributed by atoms with E-state index >= 15 is 0 Å². The SMILES string of the molecule is CC(C)(C)OC(=O)NC(Cc1ccccc1)C(=O)NCc1cccc2c1OCCO2. The van der Waals surface area contributed by atoms with Gasteiger partial charge in [0.05, 0.1) is 0 Å². The summed E-state index contributed by atoms with van der Waals surface area (Å²) >= 11 is 0. The molecule has 1 unspecified atom stereocenters. The molecule has 2 aromatic carbocycles. The maximum absolute atomic E-state index is 12.9. The molecule has 0 spiro atoms. The zero-order chi connectivity index (χ0) is 21.6. The molecule has 30 heavy (non-hydrogen) atoms. The molecule has 7 heteroatoms. The Morgan fingerprint density at radius 2 is 1.77 bits per heavy atom. The third-order valence-corrected chi connectivity index (χ3v) is 4.39. The fourth-order valence-electron chi connectivity index (χ4n) is 3.09. The molecule has 0 fully saturated rings. The first-order chi connectivity index (χ1) is 14.3. The Balaban J connectivity index is 1.69. The number of rotatable bonds is 6. The van der Waals surface area contributed by atoms with Crippen molar-refractivity contribution in [3.05, 3.63) is 59.7 Å². The minimum Gasteiger partial charge on any atom is -0.486 e. The van der Waals surface area contributed by atoms with E-state index in [9.17, 15) is 9.59 Å². The highest BCUT2D eigenvalue weighted by Crippen LogP contribution is 2.33. The molecule has 0 aromatic heterocycles. The van der Waals surface area contributed by atoms with E-state index in [0.29, 0.717) is 31.1 Å². The van der Waals surface area contributed by atoms with Gasteiger partial charge >= 0.3 is 6.09 Å². The van der Waals surface area contributed by atoms with Crippen molar-refractivity contribution in [2.75, 3.05) is 13.2 Å². The van der Waals surface area contributed by atoms with Crippen molar-refractivity contribution in [1.29, 1.82) is 0 Å². The summed E-state index contributed by atoms with van der Waals surface area (Å²) in [5.41, 5.74) is 1.09. The number of ether oxygens (including phenoxy) is 3. The van der Waals surface area contributed by atoms with E-state index in [2.05, 4.69) is 10.6 Å². The lowest BCUT2D eigenvalue weighted by atomic mass is 10.1. The van der Waals surface area contributed by atoms with Gasteiger partial charge in [0.15, 0.2) is 11.5 Å². The summed E-state index contributed by atoms with van der Waals surface area (Å²) < 4.78 is 16.6. The molecule has 3 rings (SSSR count). The summed E-state index contributed by atoms with van der Waals surface area (Å²) in [5.74, 6) is 1.00. The van der Waals surface area contributed by atoms with Crippen molar-refractivity contribution in [3.63, 3.8) is 0 Å². The van der Waals surface area contributed by atoms with Crippen LogP contribution in [0.15, 0.2) is 48.5 Å². The van der Waals surface area contributed by atoms with E-state index in [-0.39, 0.29) is 12.5 Å². The Labute approximate surface area is 176 Å². The maximum atomic E-state index is 12.9. The van der Waals surface area contributed by atoms with Crippen molar-refractivity contribution in [2.45, 2.75) is 45.4 Å². The van der Waals surface area contributed by atoms with Gasteiger partial charge in [0.1, 0.15) is 24.9 Å². The molecule has 2 N–H and O–H groups in total. The molecule has 1 aliphatic rings. The molecule has 7 nitrogen and oxygen atoms in total. The lowest BCUT2D eigenvalue weighted by Crippen LogP contribution is -2.49. The first-order valence-electron chi connectivity index (χ1n) is 10.0. The highest BCUT2D eigenvalue weighted by atomic mass is 16.6. The van der Waals surface area contributed by atoms with Gasteiger partial charge in [-0.05, 0) is 32.4 Å². The van der Waals surface area contributed by atoms with Gasteiger partial charge in [-0.2, -0.15) is 0 Å². The van der Waals surface area contributed by atoms with Crippen LogP contribution in [0.25, 0.3) is 0 Å². The minimum atomic E-state index is -0.779. The number of alkyl carbamates (subject to hydrolysis) is 1. The Kier molecular flexibility index (Phi) is 6.82. The minimum absolute atomic E-state index is 0.257. The summed E-state index contributed by atoms with van der Waals surface area (Å²) in [4.78, 5) is 25.2. The zero-order valence-electron chi connectivity index (χ0n) is 17.6. The van der Waals surface area contributed by atoms with Crippen molar-refractivity contribution in [1.82, 2.24) is 10.6 Å². The number of carbonyl (C=O) groups excluding carboxylic acids is 2. The largest absolute Gasteiger partial charge is 0.486 e. The van der Waals surface area contributed by atoms with Crippen LogP contribution in [0.1, 0.15) is 31.9 Å². The van der Waals surface area contributed by atoms with Gasteiger partial charge < -0.3 is 24.8 Å². The lowest BCUT2D eigenvalue weighted by molar-refractivity contribution is -0.123. The highest BCUT2D eigenvalue weighted by molar-refractivity contribution is 5.86. The Morgan fingerprint density at radius 1 is 1.03 bits per heavy atom. The predicted molar refractivity (Wildman–Crippen MR) is 113 cm³/mol. The van der Waals surface area contributed by atoms with Gasteiger partial charge in [0, 0.05) is 18.5 Å². The molecular weight excluding hydrogens is 384 g/mol. The monoisotopic (exact) mass is 412 g/mol. The number of fused-ring (bicyclic) bond motifs is 1. The first kappa shape index (κ1) is 21.5. The molecule has 0 radical (unpaired) electrons. The van der Waals surface area contributed by atoms with Crippen molar-refractivity contribution >= 4 is 12.0 Å². The van der Waals surface area contributed by atoms with Crippen LogP contribution in [-0.2, 0) is 22.5 Å². The van der Waals surface area contributed by atoms with Gasteiger partial charge in [0.25, 0.3) is 0 Å². The van der Waals surface area contributed by atoms with Gasteiger partial charge in [-0.25, -0.2) is 4.79 Å².